The van der Waals surface area contributed by atoms with Crippen molar-refractivity contribution >= 4 is 39.9 Å². The molecule has 0 bridgehead atoms. The van der Waals surface area contributed by atoms with Crippen molar-refractivity contribution in [1.29, 1.82) is 0 Å². The highest BCUT2D eigenvalue weighted by Gasteiger charge is 2.34. The summed E-state index contributed by atoms with van der Waals surface area (Å²) in [6, 6.07) is 0.441. The number of likely N-dealkylation sites (tertiary alicyclic amines) is 1. The molecule has 122 valence electrons. The number of rotatable bonds is 2. The molecule has 3 heterocycles. The highest BCUT2D eigenvalue weighted by molar-refractivity contribution is 7.15. The summed E-state index contributed by atoms with van der Waals surface area (Å²) in [7, 11) is 0. The minimum Gasteiger partial charge on any atom is -0.336 e. The van der Waals surface area contributed by atoms with Gasteiger partial charge >= 0.3 is 0 Å². The maximum absolute atomic E-state index is 12.7. The highest BCUT2D eigenvalue weighted by Crippen LogP contribution is 2.35. The van der Waals surface area contributed by atoms with Gasteiger partial charge < -0.3 is 4.90 Å². The topological polar surface area (TPSA) is 37.6 Å². The number of nitrogens with zero attached hydrogens (tertiary/aromatic N) is 3. The third kappa shape index (κ3) is 2.81. The fourth-order valence-corrected chi connectivity index (χ4v) is 5.08. The van der Waals surface area contributed by atoms with E-state index in [-0.39, 0.29) is 5.91 Å². The normalized spacial score (nSPS) is 25.2. The third-order valence-corrected chi connectivity index (χ3v) is 6.20. The number of aromatic nitrogens is 2. The number of hydrogen-bond donors (Lipinski definition) is 0. The molecular weight excluding hydrogens is 330 g/mol. The van der Waals surface area contributed by atoms with E-state index in [4.69, 9.17) is 11.6 Å². The summed E-state index contributed by atoms with van der Waals surface area (Å²) >= 11 is 7.73. The monoisotopic (exact) mass is 349 g/mol. The molecule has 6 heteroatoms. The number of carbonyl (C=O) groups is 1. The van der Waals surface area contributed by atoms with E-state index in [0.717, 1.165) is 30.0 Å². The quantitative estimate of drug-likeness (QED) is 0.760. The molecule has 2 aromatic heterocycles. The number of piperidine rings is 1. The molecule has 1 amide bonds. The second-order valence-electron chi connectivity index (χ2n) is 6.46. The number of fused-ring (bicyclic) bond motifs is 2. The Bertz CT molecular complexity index is 748. The Kier molecular flexibility index (Phi) is 4.16. The van der Waals surface area contributed by atoms with Crippen molar-refractivity contribution in [2.24, 2.45) is 5.92 Å². The second-order valence-corrected chi connectivity index (χ2v) is 7.69. The average Bonchev–Trinajstić information content (AvgIpc) is 3.13. The molecule has 1 aliphatic carbocycles. The van der Waals surface area contributed by atoms with Crippen LogP contribution in [0.5, 0.6) is 0 Å². The van der Waals surface area contributed by atoms with Crippen molar-refractivity contribution in [3.8, 4) is 0 Å². The van der Waals surface area contributed by atoms with E-state index in [1.807, 2.05) is 22.1 Å². The van der Waals surface area contributed by atoms with Gasteiger partial charge in [-0.05, 0) is 37.7 Å². The summed E-state index contributed by atoms with van der Waals surface area (Å²) in [4.78, 5) is 19.9. The lowest BCUT2D eigenvalue weighted by Crippen LogP contribution is -2.49. The predicted octanol–water partition coefficient (Wildman–Crippen LogP) is 4.24. The van der Waals surface area contributed by atoms with Gasteiger partial charge in [-0.15, -0.1) is 11.3 Å². The van der Waals surface area contributed by atoms with Crippen LogP contribution in [0.1, 0.15) is 44.2 Å². The predicted molar refractivity (Wildman–Crippen MR) is 93.8 cm³/mol. The molecular formula is C17H20ClN3OS. The number of carbonyl (C=O) groups excluding carboxylic acids is 1. The molecule has 0 aromatic carbocycles. The molecule has 4 nitrogen and oxygen atoms in total. The average molecular weight is 350 g/mol. The lowest BCUT2D eigenvalue weighted by molar-refractivity contribution is -0.132. The van der Waals surface area contributed by atoms with E-state index in [1.54, 1.807) is 6.08 Å². The second kappa shape index (κ2) is 6.29. The van der Waals surface area contributed by atoms with Gasteiger partial charge in [0.1, 0.15) is 0 Å². The Morgan fingerprint density at radius 2 is 2.13 bits per heavy atom. The van der Waals surface area contributed by atoms with Crippen LogP contribution in [0.2, 0.25) is 5.15 Å². The Hall–Kier alpha value is -1.33. The van der Waals surface area contributed by atoms with Gasteiger partial charge in [-0.25, -0.2) is 4.98 Å². The number of amides is 1. The molecule has 1 saturated heterocycles. The van der Waals surface area contributed by atoms with Crippen LogP contribution in [-0.4, -0.2) is 32.8 Å². The summed E-state index contributed by atoms with van der Waals surface area (Å²) < 4.78 is 1.93. The molecule has 4 rings (SSSR count). The lowest BCUT2D eigenvalue weighted by atomic mass is 9.78. The Balaban J connectivity index is 1.54. The van der Waals surface area contributed by atoms with Crippen molar-refractivity contribution < 1.29 is 4.79 Å². The zero-order valence-corrected chi connectivity index (χ0v) is 14.5. The highest BCUT2D eigenvalue weighted by atomic mass is 35.5. The minimum absolute atomic E-state index is 0.114. The van der Waals surface area contributed by atoms with Crippen LogP contribution in [0.25, 0.3) is 11.0 Å². The van der Waals surface area contributed by atoms with Crippen LogP contribution in [0, 0.1) is 5.92 Å². The largest absolute Gasteiger partial charge is 0.336 e. The number of halogens is 1. The number of thiazole rings is 1. The lowest BCUT2D eigenvalue weighted by Gasteiger charge is -2.43. The molecule has 2 unspecified atom stereocenters. The summed E-state index contributed by atoms with van der Waals surface area (Å²) in [6.45, 7) is 0.887. The number of imidazole rings is 1. The minimum atomic E-state index is 0.114. The fourth-order valence-electron chi connectivity index (χ4n) is 4.07. The van der Waals surface area contributed by atoms with Crippen molar-refractivity contribution in [2.45, 2.75) is 44.6 Å². The van der Waals surface area contributed by atoms with Gasteiger partial charge in [0, 0.05) is 30.2 Å². The zero-order chi connectivity index (χ0) is 15.8. The summed E-state index contributed by atoms with van der Waals surface area (Å²) in [5.74, 6) is 0.819. The van der Waals surface area contributed by atoms with Crippen LogP contribution in [-0.2, 0) is 4.79 Å². The molecule has 2 atom stereocenters. The molecule has 2 aromatic rings. The van der Waals surface area contributed by atoms with Crippen LogP contribution < -0.4 is 0 Å². The summed E-state index contributed by atoms with van der Waals surface area (Å²) in [6.07, 6.45) is 12.8. The van der Waals surface area contributed by atoms with Gasteiger partial charge in [-0.2, -0.15) is 0 Å². The van der Waals surface area contributed by atoms with Gasteiger partial charge in [0.25, 0.3) is 0 Å². The first kappa shape index (κ1) is 15.2. The first-order valence-electron chi connectivity index (χ1n) is 8.34. The zero-order valence-electron chi connectivity index (χ0n) is 12.9. The number of hydrogen-bond acceptors (Lipinski definition) is 3. The van der Waals surface area contributed by atoms with Crippen molar-refractivity contribution in [3.05, 3.63) is 28.5 Å². The van der Waals surface area contributed by atoms with E-state index in [0.29, 0.717) is 17.1 Å². The third-order valence-electron chi connectivity index (χ3n) is 5.16. The molecule has 0 radical (unpaired) electrons. The molecule has 2 fully saturated rings. The summed E-state index contributed by atoms with van der Waals surface area (Å²) in [5, 5.41) is 2.42. The van der Waals surface area contributed by atoms with Crippen LogP contribution in [0.15, 0.2) is 17.7 Å². The molecule has 0 spiro atoms. The van der Waals surface area contributed by atoms with Crippen LogP contribution >= 0.6 is 22.9 Å². The van der Waals surface area contributed by atoms with E-state index >= 15 is 0 Å². The molecule has 1 saturated carbocycles. The van der Waals surface area contributed by atoms with Crippen LogP contribution in [0.4, 0.5) is 0 Å². The van der Waals surface area contributed by atoms with Gasteiger partial charge in [0.15, 0.2) is 10.1 Å². The SMILES string of the molecule is O=C(C=Cc1c(Cl)nc2sccn12)N1CCCC2CCCCC21. The maximum atomic E-state index is 12.7. The van der Waals surface area contributed by atoms with E-state index < -0.39 is 0 Å². The maximum Gasteiger partial charge on any atom is 0.246 e. The Morgan fingerprint density at radius 1 is 1.30 bits per heavy atom. The van der Waals surface area contributed by atoms with Gasteiger partial charge in [-0.1, -0.05) is 24.4 Å². The van der Waals surface area contributed by atoms with E-state index in [2.05, 4.69) is 9.88 Å². The van der Waals surface area contributed by atoms with Crippen LogP contribution in [0.3, 0.4) is 0 Å². The Labute approximate surface area is 144 Å². The Morgan fingerprint density at radius 3 is 3.04 bits per heavy atom. The van der Waals surface area contributed by atoms with Crippen molar-refractivity contribution in [2.75, 3.05) is 6.54 Å². The smallest absolute Gasteiger partial charge is 0.246 e. The van der Waals surface area contributed by atoms with Crippen molar-refractivity contribution in [1.82, 2.24) is 14.3 Å². The van der Waals surface area contributed by atoms with E-state index in [9.17, 15) is 4.79 Å². The molecule has 2 aliphatic rings. The molecule has 0 N–H and O–H groups in total. The van der Waals surface area contributed by atoms with Crippen molar-refractivity contribution in [3.63, 3.8) is 0 Å². The standard InChI is InChI=1S/C17H20ClN3OS/c18-16-14(21-10-11-23-17(21)19-16)7-8-15(22)20-9-3-5-12-4-1-2-6-13(12)20/h7-8,10-13H,1-6,9H2. The van der Waals surface area contributed by atoms with Gasteiger partial charge in [-0.3, -0.25) is 9.20 Å². The summed E-state index contributed by atoms with van der Waals surface area (Å²) in [5.41, 5.74) is 0.786. The first-order valence-corrected chi connectivity index (χ1v) is 9.59. The van der Waals surface area contributed by atoms with E-state index in [1.165, 1.54) is 37.0 Å². The van der Waals surface area contributed by atoms with Gasteiger partial charge in [0.2, 0.25) is 5.91 Å². The van der Waals surface area contributed by atoms with Gasteiger partial charge in [0.05, 0.1) is 5.69 Å². The molecule has 1 aliphatic heterocycles. The fraction of sp³-hybridized carbons (Fsp3) is 0.529. The first-order chi connectivity index (χ1) is 11.2. The molecule has 23 heavy (non-hydrogen) atoms.